The van der Waals surface area contributed by atoms with Crippen molar-refractivity contribution in [1.82, 2.24) is 0 Å². The van der Waals surface area contributed by atoms with Gasteiger partial charge in [-0.3, -0.25) is 0 Å². The van der Waals surface area contributed by atoms with E-state index in [0.717, 1.165) is 17.1 Å². The van der Waals surface area contributed by atoms with Crippen molar-refractivity contribution in [3.63, 3.8) is 0 Å². The molecule has 0 aromatic carbocycles. The zero-order valence-corrected chi connectivity index (χ0v) is 15.6. The minimum atomic E-state index is 0.904. The first kappa shape index (κ1) is 24.5. The second-order valence-corrected chi connectivity index (χ2v) is 6.16. The summed E-state index contributed by atoms with van der Waals surface area (Å²) >= 11 is 0. The third-order valence-corrected chi connectivity index (χ3v) is 3.07. The fraction of sp³-hybridized carbons (Fsp3) is 0.800. The van der Waals surface area contributed by atoms with Gasteiger partial charge in [-0.1, -0.05) is 110 Å². The first-order valence-corrected chi connectivity index (χ1v) is 8.64. The predicted octanol–water partition coefficient (Wildman–Crippen LogP) is 7.95. The van der Waals surface area contributed by atoms with Crippen LogP contribution in [0.25, 0.3) is 0 Å². The summed E-state index contributed by atoms with van der Waals surface area (Å²) in [6.07, 6.45) is 11.2. The lowest BCUT2D eigenvalue weighted by molar-refractivity contribution is 0.525. The van der Waals surface area contributed by atoms with Gasteiger partial charge in [0, 0.05) is 0 Å². The molecule has 122 valence electrons. The molecule has 0 aliphatic heterocycles. The highest BCUT2D eigenvalue weighted by Gasteiger charge is 1.91. The Kier molecular flexibility index (Phi) is 25.5. The summed E-state index contributed by atoms with van der Waals surface area (Å²) in [6.45, 7) is 22.5. The van der Waals surface area contributed by atoms with Gasteiger partial charge in [-0.15, -0.1) is 0 Å². The van der Waals surface area contributed by atoms with Crippen molar-refractivity contribution >= 4 is 0 Å². The van der Waals surface area contributed by atoms with E-state index in [-0.39, 0.29) is 0 Å². The van der Waals surface area contributed by atoms with Crippen LogP contribution in [0, 0.1) is 5.92 Å². The highest BCUT2D eigenvalue weighted by atomic mass is 14.0. The molecular weight excluding hydrogens is 240 g/mol. The summed E-state index contributed by atoms with van der Waals surface area (Å²) in [7, 11) is 0. The summed E-state index contributed by atoms with van der Waals surface area (Å²) in [6, 6.07) is 0. The molecule has 0 aromatic rings. The maximum absolute atomic E-state index is 3.66. The van der Waals surface area contributed by atoms with Crippen LogP contribution in [0.4, 0.5) is 0 Å². The molecule has 0 aliphatic rings. The molecule has 0 radical (unpaired) electrons. The van der Waals surface area contributed by atoms with Gasteiger partial charge in [0.25, 0.3) is 0 Å². The molecule has 0 aromatic heterocycles. The first-order valence-electron chi connectivity index (χ1n) is 8.64. The third kappa shape index (κ3) is 36.0. The topological polar surface area (TPSA) is 0 Å². The van der Waals surface area contributed by atoms with E-state index in [2.05, 4.69) is 47.8 Å². The van der Waals surface area contributed by atoms with Gasteiger partial charge < -0.3 is 0 Å². The van der Waals surface area contributed by atoms with Crippen LogP contribution in [0.15, 0.2) is 24.3 Å². The maximum Gasteiger partial charge on any atom is -0.0401 e. The molecule has 20 heavy (non-hydrogen) atoms. The van der Waals surface area contributed by atoms with Crippen molar-refractivity contribution in [2.24, 2.45) is 5.92 Å². The Morgan fingerprint density at radius 1 is 0.700 bits per heavy atom. The molecule has 0 atom stereocenters. The van der Waals surface area contributed by atoms with Gasteiger partial charge in [-0.2, -0.15) is 0 Å². The predicted molar refractivity (Wildman–Crippen MR) is 98.4 cm³/mol. The van der Waals surface area contributed by atoms with Gasteiger partial charge in [0.2, 0.25) is 0 Å². The van der Waals surface area contributed by atoms with Crippen LogP contribution < -0.4 is 0 Å². The number of hydrogen-bond donors (Lipinski definition) is 0. The molecule has 0 heteroatoms. The summed E-state index contributed by atoms with van der Waals surface area (Å²) < 4.78 is 0. The van der Waals surface area contributed by atoms with Gasteiger partial charge in [-0.05, 0) is 19.8 Å². The van der Waals surface area contributed by atoms with E-state index in [4.69, 9.17) is 0 Å². The van der Waals surface area contributed by atoms with Crippen molar-refractivity contribution in [2.75, 3.05) is 0 Å². The molecule has 0 fully saturated rings. The Balaban J connectivity index is -0.000000230. The number of unbranched alkanes of at least 4 members (excludes halogenated alkanes) is 5. The molecule has 0 rings (SSSR count). The van der Waals surface area contributed by atoms with E-state index in [0.29, 0.717) is 0 Å². The fourth-order valence-electron chi connectivity index (χ4n) is 1.33. The van der Waals surface area contributed by atoms with Gasteiger partial charge in [0.05, 0.1) is 0 Å². The zero-order chi connectivity index (χ0) is 16.4. The van der Waals surface area contributed by atoms with Crippen LogP contribution in [0.2, 0.25) is 0 Å². The summed E-state index contributed by atoms with van der Waals surface area (Å²) in [5, 5.41) is 0. The van der Waals surface area contributed by atoms with Crippen molar-refractivity contribution in [1.29, 1.82) is 0 Å². The molecule has 0 saturated carbocycles. The quantitative estimate of drug-likeness (QED) is 0.313. The van der Waals surface area contributed by atoms with Gasteiger partial charge in [0.1, 0.15) is 0 Å². The molecule has 0 N–H and O–H groups in total. The number of hydrogen-bond acceptors (Lipinski definition) is 0. The lowest BCUT2D eigenvalue weighted by Crippen LogP contribution is -1.86. The van der Waals surface area contributed by atoms with E-state index in [1.54, 1.807) is 0 Å². The van der Waals surface area contributed by atoms with E-state index < -0.39 is 0 Å². The van der Waals surface area contributed by atoms with Crippen LogP contribution in [0.1, 0.15) is 99.8 Å². The van der Waals surface area contributed by atoms with Crippen molar-refractivity contribution in [3.05, 3.63) is 24.3 Å². The summed E-state index contributed by atoms with van der Waals surface area (Å²) in [5.41, 5.74) is 2.13. The second kappa shape index (κ2) is 20.8. The van der Waals surface area contributed by atoms with Gasteiger partial charge in [-0.25, -0.2) is 0 Å². The van der Waals surface area contributed by atoms with E-state index >= 15 is 0 Å². The smallest absolute Gasteiger partial charge is 0.0401 e. The monoisotopic (exact) mass is 282 g/mol. The summed E-state index contributed by atoms with van der Waals surface area (Å²) in [4.78, 5) is 0. The van der Waals surface area contributed by atoms with Gasteiger partial charge in [0.15, 0.2) is 0 Å². The first-order chi connectivity index (χ1) is 9.33. The standard InChI is InChI=1S/C9H20.C6H10.C5H12/c1-4-5-6-7-8-9(2)3;1-5(2)6(3)4;1-3-5-4-2/h9H,4-8H2,1-3H3;1,3H2,2,4H3;3-5H2,1-2H3. The molecule has 0 unspecified atom stereocenters. The average Bonchev–Trinajstić information content (AvgIpc) is 2.37. The lowest BCUT2D eigenvalue weighted by Gasteiger charge is -2.01. The number of rotatable bonds is 8. The molecule has 0 amide bonds. The van der Waals surface area contributed by atoms with Gasteiger partial charge >= 0.3 is 0 Å². The van der Waals surface area contributed by atoms with Crippen LogP contribution >= 0.6 is 0 Å². The zero-order valence-electron chi connectivity index (χ0n) is 15.6. The van der Waals surface area contributed by atoms with E-state index in [1.165, 1.54) is 51.4 Å². The molecular formula is C20H42. The molecule has 0 nitrogen and oxygen atoms in total. The van der Waals surface area contributed by atoms with Crippen molar-refractivity contribution < 1.29 is 0 Å². The van der Waals surface area contributed by atoms with Crippen LogP contribution in [-0.2, 0) is 0 Å². The van der Waals surface area contributed by atoms with Crippen LogP contribution in [0.5, 0.6) is 0 Å². The average molecular weight is 283 g/mol. The molecule has 0 heterocycles. The SMILES string of the molecule is C=C(C)C(=C)C.CCCCC.CCCCCCC(C)C. The largest absolute Gasteiger partial charge is 0.0959 e. The highest BCUT2D eigenvalue weighted by Crippen LogP contribution is 2.08. The lowest BCUT2D eigenvalue weighted by atomic mass is 10.1. The third-order valence-electron chi connectivity index (χ3n) is 3.07. The molecule has 0 spiro atoms. The van der Waals surface area contributed by atoms with Crippen LogP contribution in [-0.4, -0.2) is 0 Å². The molecule has 0 saturated heterocycles. The highest BCUT2D eigenvalue weighted by molar-refractivity contribution is 5.19. The van der Waals surface area contributed by atoms with Crippen molar-refractivity contribution in [3.8, 4) is 0 Å². The van der Waals surface area contributed by atoms with Crippen LogP contribution in [0.3, 0.4) is 0 Å². The van der Waals surface area contributed by atoms with E-state index in [1.807, 2.05) is 13.8 Å². The fourth-order valence-corrected chi connectivity index (χ4v) is 1.33. The Labute approximate surface area is 130 Å². The minimum absolute atomic E-state index is 0.904. The normalized spacial score (nSPS) is 9.20. The van der Waals surface area contributed by atoms with Crippen molar-refractivity contribution in [2.45, 2.75) is 99.8 Å². The Bertz CT molecular complexity index is 184. The maximum atomic E-state index is 3.66. The Morgan fingerprint density at radius 2 is 1.10 bits per heavy atom. The van der Waals surface area contributed by atoms with E-state index in [9.17, 15) is 0 Å². The Morgan fingerprint density at radius 3 is 1.30 bits per heavy atom. The molecule has 0 bridgehead atoms. The second-order valence-electron chi connectivity index (χ2n) is 6.16. The minimum Gasteiger partial charge on any atom is -0.0959 e. The number of allylic oxidation sites excluding steroid dienone is 2. The Hall–Kier alpha value is -0.520. The summed E-state index contributed by atoms with van der Waals surface area (Å²) in [5.74, 6) is 0.904. The molecule has 0 aliphatic carbocycles.